The minimum absolute atomic E-state index is 0.0760. The Hall–Kier alpha value is -4.15. The van der Waals surface area contributed by atoms with Gasteiger partial charge in [0, 0.05) is 43.7 Å². The number of likely N-dealkylation sites (tertiary alicyclic amines) is 1. The van der Waals surface area contributed by atoms with Crippen LogP contribution in [0.5, 0.6) is 11.5 Å². The van der Waals surface area contributed by atoms with Crippen LogP contribution in [0, 0.1) is 5.92 Å². The molecular formula is C31H33N5O5. The lowest BCUT2D eigenvalue weighted by atomic mass is 9.80. The highest BCUT2D eigenvalue weighted by molar-refractivity contribution is 5.80. The van der Waals surface area contributed by atoms with E-state index >= 15 is 0 Å². The number of nitrogens with zero attached hydrogens (tertiary/aromatic N) is 4. The Balaban J connectivity index is 1.05. The van der Waals surface area contributed by atoms with Crippen molar-refractivity contribution >= 4 is 16.9 Å². The number of ether oxygens (including phenoxy) is 2. The van der Waals surface area contributed by atoms with Gasteiger partial charge in [-0.1, -0.05) is 30.3 Å². The molecule has 2 atom stereocenters. The second-order valence-corrected chi connectivity index (χ2v) is 11.3. The van der Waals surface area contributed by atoms with Crippen LogP contribution < -0.4 is 20.3 Å². The van der Waals surface area contributed by atoms with Gasteiger partial charge in [-0.2, -0.15) is 0 Å². The number of nitrogens with one attached hydrogen (secondary N) is 1. The van der Waals surface area contributed by atoms with Crippen molar-refractivity contribution in [2.45, 2.75) is 37.3 Å². The van der Waals surface area contributed by atoms with E-state index in [1.165, 1.54) is 16.5 Å². The van der Waals surface area contributed by atoms with E-state index in [2.05, 4.69) is 22.4 Å². The zero-order valence-electron chi connectivity index (χ0n) is 22.7. The summed E-state index contributed by atoms with van der Waals surface area (Å²) in [5, 5.41) is 15.4. The first-order valence-corrected chi connectivity index (χ1v) is 14.2. The van der Waals surface area contributed by atoms with Crippen LogP contribution >= 0.6 is 0 Å². The van der Waals surface area contributed by atoms with Crippen LogP contribution in [0.2, 0.25) is 0 Å². The predicted molar refractivity (Wildman–Crippen MR) is 152 cm³/mol. The summed E-state index contributed by atoms with van der Waals surface area (Å²) in [4.78, 5) is 33.5. The first kappa shape index (κ1) is 25.8. The second-order valence-electron chi connectivity index (χ2n) is 11.3. The molecular weight excluding hydrogens is 522 g/mol. The van der Waals surface area contributed by atoms with Crippen molar-refractivity contribution in [3.63, 3.8) is 0 Å². The zero-order valence-corrected chi connectivity index (χ0v) is 22.7. The number of carbonyl (C=O) groups excluding carboxylic acids is 1. The number of fused-ring (bicyclic) bond motifs is 2. The number of rotatable bonds is 5. The molecule has 0 radical (unpaired) electrons. The SMILES string of the molecule is O=C([C@@H]1CCNC[C@H]1c1ccccc1)N1CCC(O)(Cn2cnc3c(ccn3-c3ccc4c(c3)OCO4)c2=O)CC1. The highest BCUT2D eigenvalue weighted by Gasteiger charge is 2.39. The molecule has 212 valence electrons. The van der Waals surface area contributed by atoms with Gasteiger partial charge in [-0.25, -0.2) is 4.98 Å². The van der Waals surface area contributed by atoms with Gasteiger partial charge in [-0.3, -0.25) is 14.2 Å². The molecule has 2 saturated heterocycles. The van der Waals surface area contributed by atoms with Crippen LogP contribution in [0.4, 0.5) is 0 Å². The van der Waals surface area contributed by atoms with Crippen molar-refractivity contribution in [2.24, 2.45) is 5.92 Å². The van der Waals surface area contributed by atoms with Crippen molar-refractivity contribution in [3.05, 3.63) is 83.0 Å². The molecule has 3 aliphatic rings. The number of hydrogen-bond acceptors (Lipinski definition) is 7. The molecule has 0 unspecified atom stereocenters. The fraction of sp³-hybridized carbons (Fsp3) is 0.387. The third kappa shape index (κ3) is 4.76. The van der Waals surface area contributed by atoms with Crippen LogP contribution in [0.15, 0.2) is 71.9 Å². The fourth-order valence-electron chi connectivity index (χ4n) is 6.47. The normalized spacial score (nSPS) is 21.7. The number of piperidine rings is 2. The summed E-state index contributed by atoms with van der Waals surface area (Å²) < 4.78 is 14.2. The van der Waals surface area contributed by atoms with E-state index in [-0.39, 0.29) is 36.6 Å². The first-order chi connectivity index (χ1) is 20.0. The monoisotopic (exact) mass is 555 g/mol. The Morgan fingerprint density at radius 2 is 1.88 bits per heavy atom. The summed E-state index contributed by atoms with van der Waals surface area (Å²) in [5.74, 6) is 1.56. The first-order valence-electron chi connectivity index (χ1n) is 14.2. The maximum absolute atomic E-state index is 13.6. The Morgan fingerprint density at radius 3 is 2.71 bits per heavy atom. The molecule has 7 rings (SSSR count). The van der Waals surface area contributed by atoms with E-state index < -0.39 is 5.60 Å². The molecule has 2 aromatic heterocycles. The van der Waals surface area contributed by atoms with Gasteiger partial charge in [0.05, 0.1) is 23.2 Å². The van der Waals surface area contributed by atoms with Crippen molar-refractivity contribution < 1.29 is 19.4 Å². The van der Waals surface area contributed by atoms with Gasteiger partial charge in [0.2, 0.25) is 12.7 Å². The molecule has 2 fully saturated rings. The van der Waals surface area contributed by atoms with Crippen LogP contribution in [-0.4, -0.2) is 68.6 Å². The van der Waals surface area contributed by atoms with Gasteiger partial charge in [0.15, 0.2) is 17.1 Å². The van der Waals surface area contributed by atoms with E-state index in [0.717, 1.165) is 25.2 Å². The Kier molecular flexibility index (Phi) is 6.51. The molecule has 10 heteroatoms. The van der Waals surface area contributed by atoms with Gasteiger partial charge >= 0.3 is 0 Å². The van der Waals surface area contributed by atoms with Crippen molar-refractivity contribution in [3.8, 4) is 17.2 Å². The molecule has 4 aromatic rings. The van der Waals surface area contributed by atoms with Crippen molar-refractivity contribution in [2.75, 3.05) is 33.0 Å². The van der Waals surface area contributed by atoms with E-state index in [4.69, 9.17) is 9.47 Å². The Morgan fingerprint density at radius 1 is 1.07 bits per heavy atom. The number of benzene rings is 2. The van der Waals surface area contributed by atoms with Crippen LogP contribution in [0.1, 0.15) is 30.7 Å². The lowest BCUT2D eigenvalue weighted by Gasteiger charge is -2.41. The van der Waals surface area contributed by atoms with E-state index in [9.17, 15) is 14.7 Å². The standard InChI is InChI=1S/C31H33N5O5/c37-29(23-8-12-32-17-25(23)21-4-2-1-3-5-21)34-14-10-31(39,11-15-34)18-35-19-33-28-24(30(35)38)9-13-36(28)22-6-7-26-27(16-22)41-20-40-26/h1-7,9,13,16,19,23,25,32,39H,8,10-12,14-15,17-18,20H2/t23-,25+/m1/s1. The minimum atomic E-state index is -1.09. The number of hydrogen-bond donors (Lipinski definition) is 2. The summed E-state index contributed by atoms with van der Waals surface area (Å²) in [5.41, 5.74) is 1.23. The van der Waals surface area contributed by atoms with E-state index in [1.807, 2.05) is 52.1 Å². The Bertz CT molecular complexity index is 1640. The predicted octanol–water partition coefficient (Wildman–Crippen LogP) is 2.66. The average molecular weight is 556 g/mol. The topological polar surface area (TPSA) is 111 Å². The quantitative estimate of drug-likeness (QED) is 0.390. The van der Waals surface area contributed by atoms with Crippen LogP contribution in [-0.2, 0) is 11.3 Å². The highest BCUT2D eigenvalue weighted by atomic mass is 16.7. The minimum Gasteiger partial charge on any atom is -0.454 e. The molecule has 2 N–H and O–H groups in total. The van der Waals surface area contributed by atoms with Gasteiger partial charge in [-0.05, 0) is 49.6 Å². The number of carbonyl (C=O) groups is 1. The lowest BCUT2D eigenvalue weighted by Crippen LogP contribution is -2.52. The molecule has 41 heavy (non-hydrogen) atoms. The summed E-state index contributed by atoms with van der Waals surface area (Å²) in [6.07, 6.45) is 4.92. The molecule has 0 aliphatic carbocycles. The van der Waals surface area contributed by atoms with Gasteiger partial charge in [-0.15, -0.1) is 0 Å². The van der Waals surface area contributed by atoms with Gasteiger partial charge in [0.25, 0.3) is 5.56 Å². The third-order valence-electron chi connectivity index (χ3n) is 8.80. The van der Waals surface area contributed by atoms with Crippen LogP contribution in [0.25, 0.3) is 16.7 Å². The van der Waals surface area contributed by atoms with E-state index in [1.54, 1.807) is 6.07 Å². The fourth-order valence-corrected chi connectivity index (χ4v) is 6.47. The van der Waals surface area contributed by atoms with Crippen molar-refractivity contribution in [1.82, 2.24) is 24.3 Å². The molecule has 1 amide bonds. The molecule has 0 spiro atoms. The maximum Gasteiger partial charge on any atom is 0.262 e. The maximum atomic E-state index is 13.6. The summed E-state index contributed by atoms with van der Waals surface area (Å²) in [6, 6.07) is 17.6. The highest BCUT2D eigenvalue weighted by Crippen LogP contribution is 2.35. The number of amides is 1. The molecule has 3 aliphatic heterocycles. The zero-order chi connectivity index (χ0) is 28.0. The molecule has 0 bridgehead atoms. The molecule has 2 aromatic carbocycles. The summed E-state index contributed by atoms with van der Waals surface area (Å²) >= 11 is 0. The van der Waals surface area contributed by atoms with Crippen LogP contribution in [0.3, 0.4) is 0 Å². The average Bonchev–Trinajstić information content (AvgIpc) is 3.66. The lowest BCUT2D eigenvalue weighted by molar-refractivity contribution is -0.141. The molecule has 5 heterocycles. The van der Waals surface area contributed by atoms with E-state index in [0.29, 0.717) is 48.5 Å². The van der Waals surface area contributed by atoms with Crippen molar-refractivity contribution in [1.29, 1.82) is 0 Å². The largest absolute Gasteiger partial charge is 0.454 e. The Labute approximate surface area is 237 Å². The third-order valence-corrected chi connectivity index (χ3v) is 8.80. The summed E-state index contributed by atoms with van der Waals surface area (Å²) in [7, 11) is 0. The van der Waals surface area contributed by atoms with Gasteiger partial charge < -0.3 is 29.4 Å². The number of aliphatic hydroxyl groups is 1. The second kappa shape index (κ2) is 10.4. The molecule has 0 saturated carbocycles. The number of aromatic nitrogens is 3. The summed E-state index contributed by atoms with van der Waals surface area (Å²) in [6.45, 7) is 2.86. The molecule has 10 nitrogen and oxygen atoms in total. The van der Waals surface area contributed by atoms with Gasteiger partial charge in [0.1, 0.15) is 6.33 Å². The smallest absolute Gasteiger partial charge is 0.262 e.